The van der Waals surface area contributed by atoms with E-state index in [-0.39, 0.29) is 41.6 Å². The molecule has 3 heterocycles. The van der Waals surface area contributed by atoms with Crippen molar-refractivity contribution >= 4 is 73.4 Å². The first-order valence-electron chi connectivity index (χ1n) is 13.1. The van der Waals surface area contributed by atoms with E-state index in [0.717, 1.165) is 23.6 Å². The van der Waals surface area contributed by atoms with Crippen LogP contribution in [0, 0.1) is 0 Å². The highest BCUT2D eigenvalue weighted by Gasteiger charge is 2.45. The molecule has 2 bridgehead atoms. The summed E-state index contributed by atoms with van der Waals surface area (Å²) in [6.45, 7) is 10.7. The third-order valence-electron chi connectivity index (χ3n) is 7.07. The van der Waals surface area contributed by atoms with Gasteiger partial charge in [-0.15, -0.1) is 6.58 Å². The van der Waals surface area contributed by atoms with Gasteiger partial charge in [-0.3, -0.25) is 9.69 Å². The molecule has 8 nitrogen and oxygen atoms in total. The van der Waals surface area contributed by atoms with Gasteiger partial charge in [0.05, 0.1) is 27.3 Å². The minimum absolute atomic E-state index is 0.0384. The lowest BCUT2D eigenvalue weighted by atomic mass is 10.1. The number of rotatable bonds is 5. The van der Waals surface area contributed by atoms with Crippen LogP contribution in [-0.4, -0.2) is 64.2 Å². The molecule has 3 aromatic rings. The van der Waals surface area contributed by atoms with Gasteiger partial charge in [0.2, 0.25) is 5.28 Å². The minimum atomic E-state index is -0.572. The highest BCUT2D eigenvalue weighted by molar-refractivity contribution is 9.10. The summed E-state index contributed by atoms with van der Waals surface area (Å²) < 4.78 is 6.10. The summed E-state index contributed by atoms with van der Waals surface area (Å²) in [6.07, 6.45) is 3.07. The number of hydrogen-bond donors (Lipinski definition) is 0. The van der Waals surface area contributed by atoms with Crippen molar-refractivity contribution in [3.05, 3.63) is 69.5 Å². The summed E-state index contributed by atoms with van der Waals surface area (Å²) in [6, 6.07) is 11.2. The van der Waals surface area contributed by atoms with E-state index in [0.29, 0.717) is 34.1 Å². The molecule has 2 amide bonds. The molecule has 0 spiro atoms. The van der Waals surface area contributed by atoms with Crippen molar-refractivity contribution in [2.45, 2.75) is 51.3 Å². The summed E-state index contributed by atoms with van der Waals surface area (Å²) in [5.74, 6) is 0.138. The lowest BCUT2D eigenvalue weighted by Crippen LogP contribution is -2.57. The molecule has 2 aromatic carbocycles. The highest BCUT2D eigenvalue weighted by Crippen LogP contribution is 2.38. The average Bonchev–Trinajstić information content (AvgIpc) is 3.16. The molecular weight excluding hydrogens is 617 g/mol. The predicted octanol–water partition coefficient (Wildman–Crippen LogP) is 7.12. The summed E-state index contributed by atoms with van der Waals surface area (Å²) >= 11 is 16.6. The number of ether oxygens (including phenoxy) is 1. The van der Waals surface area contributed by atoms with E-state index in [4.69, 9.17) is 27.9 Å². The SMILES string of the molecule is C=CCN(C(=O)c1nc(Cl)nc(N2C[C@H]3CC[C@@H](C2)N3C(=O)OC(C)(C)C)c1Br)c1cccc2cccc(Cl)c12. The van der Waals surface area contributed by atoms with Crippen molar-refractivity contribution in [3.8, 4) is 0 Å². The zero-order valence-corrected chi connectivity index (χ0v) is 25.6. The Morgan fingerprint density at radius 3 is 2.40 bits per heavy atom. The minimum Gasteiger partial charge on any atom is -0.444 e. The zero-order chi connectivity index (χ0) is 28.8. The summed E-state index contributed by atoms with van der Waals surface area (Å²) in [4.78, 5) is 41.3. The van der Waals surface area contributed by atoms with Gasteiger partial charge < -0.3 is 14.5 Å². The van der Waals surface area contributed by atoms with Crippen LogP contribution in [0.2, 0.25) is 10.3 Å². The third kappa shape index (κ3) is 5.51. The van der Waals surface area contributed by atoms with Crippen molar-refractivity contribution in [1.82, 2.24) is 14.9 Å². The number of hydrogen-bond acceptors (Lipinski definition) is 6. The predicted molar refractivity (Wildman–Crippen MR) is 163 cm³/mol. The topological polar surface area (TPSA) is 78.9 Å². The third-order valence-corrected chi connectivity index (χ3v) is 8.29. The van der Waals surface area contributed by atoms with Crippen molar-refractivity contribution in [2.75, 3.05) is 29.4 Å². The number of fused-ring (bicyclic) bond motifs is 3. The van der Waals surface area contributed by atoms with E-state index in [1.54, 1.807) is 17.0 Å². The van der Waals surface area contributed by atoms with Crippen LogP contribution in [0.5, 0.6) is 0 Å². The lowest BCUT2D eigenvalue weighted by molar-refractivity contribution is 0.0122. The Morgan fingerprint density at radius 1 is 1.12 bits per heavy atom. The second kappa shape index (κ2) is 11.2. The first-order valence-corrected chi connectivity index (χ1v) is 14.6. The van der Waals surface area contributed by atoms with Crippen LogP contribution < -0.4 is 9.80 Å². The van der Waals surface area contributed by atoms with Gasteiger partial charge >= 0.3 is 6.09 Å². The summed E-state index contributed by atoms with van der Waals surface area (Å²) in [5.41, 5.74) is 0.195. The van der Waals surface area contributed by atoms with Crippen LogP contribution in [0.15, 0.2) is 53.5 Å². The van der Waals surface area contributed by atoms with Gasteiger partial charge in [0.1, 0.15) is 17.1 Å². The molecule has 2 aliphatic rings. The summed E-state index contributed by atoms with van der Waals surface area (Å²) in [5, 5.41) is 2.16. The van der Waals surface area contributed by atoms with E-state index < -0.39 is 5.60 Å². The zero-order valence-electron chi connectivity index (χ0n) is 22.5. The first-order chi connectivity index (χ1) is 19.0. The standard InChI is InChI=1S/C29H30BrCl2N5O3/c1-5-14-36(21-11-7-9-17-8-6-10-20(31)22(17)21)26(38)24-23(30)25(34-27(32)33-24)35-15-18-12-13-19(16-35)37(18)28(39)40-29(2,3)4/h5-11,18-19H,1,12-16H2,2-4H3/t18-,19+. The van der Waals surface area contributed by atoms with Gasteiger partial charge in [0.25, 0.3) is 5.91 Å². The molecule has 2 aliphatic heterocycles. The van der Waals surface area contributed by atoms with Gasteiger partial charge in [-0.1, -0.05) is 41.9 Å². The maximum absolute atomic E-state index is 14.1. The van der Waals surface area contributed by atoms with Gasteiger partial charge in [-0.25, -0.2) is 9.78 Å². The highest BCUT2D eigenvalue weighted by atomic mass is 79.9. The molecule has 2 atom stereocenters. The van der Waals surface area contributed by atoms with Crippen molar-refractivity contribution in [2.24, 2.45) is 0 Å². The Hall–Kier alpha value is -2.88. The lowest BCUT2D eigenvalue weighted by Gasteiger charge is -2.42. The number of anilines is 2. The number of halogens is 3. The monoisotopic (exact) mass is 645 g/mol. The maximum Gasteiger partial charge on any atom is 0.410 e. The van der Waals surface area contributed by atoms with E-state index in [1.165, 1.54) is 0 Å². The second-order valence-electron chi connectivity index (χ2n) is 11.0. The van der Waals surface area contributed by atoms with Crippen molar-refractivity contribution < 1.29 is 14.3 Å². The number of carbonyl (C=O) groups is 2. The Kier molecular flexibility index (Phi) is 8.01. The molecule has 5 rings (SSSR count). The maximum atomic E-state index is 14.1. The Labute approximate surface area is 252 Å². The fourth-order valence-corrected chi connectivity index (χ4v) is 6.54. The van der Waals surface area contributed by atoms with Gasteiger partial charge in [-0.2, -0.15) is 4.98 Å². The van der Waals surface area contributed by atoms with Gasteiger partial charge in [-0.05, 0) is 78.7 Å². The van der Waals surface area contributed by atoms with Crippen molar-refractivity contribution in [1.29, 1.82) is 0 Å². The Morgan fingerprint density at radius 2 is 1.77 bits per heavy atom. The number of piperazine rings is 1. The number of aromatic nitrogens is 2. The van der Waals surface area contributed by atoms with Crippen LogP contribution in [0.4, 0.5) is 16.3 Å². The molecule has 2 saturated heterocycles. The largest absolute Gasteiger partial charge is 0.444 e. The normalized spacial score (nSPS) is 18.6. The molecular formula is C29H30BrCl2N5O3. The Bertz CT molecular complexity index is 1480. The van der Waals surface area contributed by atoms with Gasteiger partial charge in [0.15, 0.2) is 0 Å². The molecule has 0 unspecified atom stereocenters. The molecule has 40 heavy (non-hydrogen) atoms. The van der Waals surface area contributed by atoms with Crippen LogP contribution >= 0.6 is 39.1 Å². The molecule has 210 valence electrons. The number of amides is 2. The smallest absolute Gasteiger partial charge is 0.410 e. The first kappa shape index (κ1) is 28.6. The van der Waals surface area contributed by atoms with E-state index >= 15 is 0 Å². The molecule has 0 saturated carbocycles. The van der Waals surface area contributed by atoms with E-state index in [9.17, 15) is 9.59 Å². The molecule has 0 aliphatic carbocycles. The van der Waals surface area contributed by atoms with Crippen LogP contribution in [0.25, 0.3) is 10.8 Å². The number of benzene rings is 2. The van der Waals surface area contributed by atoms with E-state index in [2.05, 4.69) is 37.4 Å². The summed E-state index contributed by atoms with van der Waals surface area (Å²) in [7, 11) is 0. The Balaban J connectivity index is 1.48. The fourth-order valence-electron chi connectivity index (χ4n) is 5.50. The number of nitrogens with zero attached hydrogens (tertiary/aromatic N) is 5. The van der Waals surface area contributed by atoms with Crippen LogP contribution in [-0.2, 0) is 4.74 Å². The second-order valence-corrected chi connectivity index (χ2v) is 12.5. The molecule has 11 heteroatoms. The van der Waals surface area contributed by atoms with E-state index in [1.807, 2.05) is 56.0 Å². The fraction of sp³-hybridized carbons (Fsp3) is 0.379. The van der Waals surface area contributed by atoms with Crippen molar-refractivity contribution in [3.63, 3.8) is 0 Å². The van der Waals surface area contributed by atoms with Crippen LogP contribution in [0.1, 0.15) is 44.1 Å². The molecule has 0 N–H and O–H groups in total. The van der Waals surface area contributed by atoms with Crippen LogP contribution in [0.3, 0.4) is 0 Å². The van der Waals surface area contributed by atoms with Gasteiger partial charge in [0, 0.05) is 25.0 Å². The number of carbonyl (C=O) groups excluding carboxylic acids is 2. The molecule has 2 fully saturated rings. The quantitative estimate of drug-likeness (QED) is 0.217. The average molecular weight is 647 g/mol. The molecule has 1 aromatic heterocycles. The molecule has 0 radical (unpaired) electrons.